The number of hydrogen-bond acceptors (Lipinski definition) is 2. The molecule has 1 heterocycles. The van der Waals surface area contributed by atoms with Crippen LogP contribution in [0.4, 0.5) is 0 Å². The Morgan fingerprint density at radius 3 is 2.64 bits per heavy atom. The highest BCUT2D eigenvalue weighted by Gasteiger charge is 2.25. The minimum Gasteiger partial charge on any atom is -0.395 e. The van der Waals surface area contributed by atoms with Crippen molar-refractivity contribution in [1.29, 1.82) is 0 Å². The van der Waals surface area contributed by atoms with Gasteiger partial charge in [-0.2, -0.15) is 0 Å². The lowest BCUT2D eigenvalue weighted by Crippen LogP contribution is -2.42. The molecular weight excluding hydrogens is 174 g/mol. The Morgan fingerprint density at radius 2 is 2.07 bits per heavy atom. The molecule has 1 aliphatic rings. The number of aliphatic hydroxyl groups is 1. The van der Waals surface area contributed by atoms with Crippen molar-refractivity contribution < 1.29 is 5.11 Å². The first kappa shape index (κ1) is 12.0. The Hall–Kier alpha value is -0.0800. The maximum absolute atomic E-state index is 9.35. The molecule has 1 aliphatic heterocycles. The van der Waals surface area contributed by atoms with Crippen molar-refractivity contribution >= 4 is 0 Å². The van der Waals surface area contributed by atoms with E-state index in [4.69, 9.17) is 0 Å². The highest BCUT2D eigenvalue weighted by Crippen LogP contribution is 2.25. The Labute approximate surface area is 88.1 Å². The van der Waals surface area contributed by atoms with E-state index in [0.717, 1.165) is 5.92 Å². The van der Waals surface area contributed by atoms with Crippen LogP contribution in [0.3, 0.4) is 0 Å². The molecular formula is C12H25NO. The van der Waals surface area contributed by atoms with Gasteiger partial charge in [0.05, 0.1) is 6.61 Å². The van der Waals surface area contributed by atoms with Gasteiger partial charge in [0.1, 0.15) is 0 Å². The predicted octanol–water partition coefficient (Wildman–Crippen LogP) is 2.17. The second-order valence-corrected chi connectivity index (χ2v) is 5.18. The molecule has 2 nitrogen and oxygen atoms in total. The van der Waals surface area contributed by atoms with Gasteiger partial charge in [-0.3, -0.25) is 0 Å². The molecule has 2 heteroatoms. The zero-order chi connectivity index (χ0) is 10.6. The van der Waals surface area contributed by atoms with Crippen LogP contribution in [-0.2, 0) is 0 Å². The van der Waals surface area contributed by atoms with Crippen LogP contribution in [-0.4, -0.2) is 23.8 Å². The highest BCUT2D eigenvalue weighted by molar-refractivity contribution is 4.82. The van der Waals surface area contributed by atoms with Gasteiger partial charge in [-0.05, 0) is 38.0 Å². The van der Waals surface area contributed by atoms with Gasteiger partial charge in [-0.1, -0.05) is 20.3 Å². The summed E-state index contributed by atoms with van der Waals surface area (Å²) in [7, 11) is 0. The fraction of sp³-hybridized carbons (Fsp3) is 1.00. The van der Waals surface area contributed by atoms with E-state index in [1.54, 1.807) is 0 Å². The van der Waals surface area contributed by atoms with Crippen LogP contribution in [0.1, 0.15) is 46.5 Å². The molecule has 1 rings (SSSR count). The van der Waals surface area contributed by atoms with Crippen LogP contribution >= 0.6 is 0 Å². The van der Waals surface area contributed by atoms with Crippen LogP contribution in [0.25, 0.3) is 0 Å². The second-order valence-electron chi connectivity index (χ2n) is 5.18. The third-order valence-corrected chi connectivity index (χ3v) is 3.25. The number of aliphatic hydroxyl groups excluding tert-OH is 1. The van der Waals surface area contributed by atoms with Gasteiger partial charge in [0, 0.05) is 12.1 Å². The molecule has 1 fully saturated rings. The number of nitrogens with one attached hydrogen (secondary N) is 1. The summed E-state index contributed by atoms with van der Waals surface area (Å²) in [5.74, 6) is 1.41. The smallest absolute Gasteiger partial charge is 0.0587 e. The molecule has 0 saturated carbocycles. The lowest BCUT2D eigenvalue weighted by Gasteiger charge is -2.27. The van der Waals surface area contributed by atoms with E-state index in [9.17, 15) is 5.11 Å². The second kappa shape index (κ2) is 5.72. The van der Waals surface area contributed by atoms with Crippen molar-refractivity contribution in [3.05, 3.63) is 0 Å². The lowest BCUT2D eigenvalue weighted by atomic mass is 9.88. The Balaban J connectivity index is 2.51. The summed E-state index contributed by atoms with van der Waals surface area (Å²) in [5, 5.41) is 12.9. The molecule has 14 heavy (non-hydrogen) atoms. The summed E-state index contributed by atoms with van der Waals surface area (Å²) in [5.41, 5.74) is 0. The fourth-order valence-corrected chi connectivity index (χ4v) is 2.56. The minimum absolute atomic E-state index is 0.293. The zero-order valence-electron chi connectivity index (χ0n) is 9.79. The van der Waals surface area contributed by atoms with Gasteiger partial charge in [-0.25, -0.2) is 0 Å². The van der Waals surface area contributed by atoms with E-state index in [0.29, 0.717) is 24.6 Å². The van der Waals surface area contributed by atoms with Crippen molar-refractivity contribution in [3.63, 3.8) is 0 Å². The van der Waals surface area contributed by atoms with Gasteiger partial charge in [-0.15, -0.1) is 0 Å². The molecule has 1 saturated heterocycles. The van der Waals surface area contributed by atoms with E-state index in [1.807, 2.05) is 0 Å². The normalized spacial score (nSPS) is 34.5. The van der Waals surface area contributed by atoms with Gasteiger partial charge >= 0.3 is 0 Å². The minimum atomic E-state index is 0.293. The highest BCUT2D eigenvalue weighted by atomic mass is 16.3. The first-order chi connectivity index (χ1) is 6.63. The molecule has 3 unspecified atom stereocenters. The summed E-state index contributed by atoms with van der Waals surface area (Å²) in [6.07, 6.45) is 5.08. The molecule has 0 aromatic carbocycles. The Morgan fingerprint density at radius 1 is 1.36 bits per heavy atom. The molecule has 2 N–H and O–H groups in total. The predicted molar refractivity (Wildman–Crippen MR) is 60.3 cm³/mol. The van der Waals surface area contributed by atoms with Crippen LogP contribution in [0.5, 0.6) is 0 Å². The van der Waals surface area contributed by atoms with E-state index in [1.165, 1.54) is 25.7 Å². The topological polar surface area (TPSA) is 32.3 Å². The Kier molecular flexibility index (Phi) is 4.90. The average Bonchev–Trinajstić information content (AvgIpc) is 2.27. The molecule has 0 spiro atoms. The van der Waals surface area contributed by atoms with Crippen molar-refractivity contribution in [3.8, 4) is 0 Å². The van der Waals surface area contributed by atoms with E-state index in [2.05, 4.69) is 26.1 Å². The van der Waals surface area contributed by atoms with Gasteiger partial charge in [0.25, 0.3) is 0 Å². The molecule has 3 atom stereocenters. The molecule has 0 bridgehead atoms. The summed E-state index contributed by atoms with van der Waals surface area (Å²) >= 11 is 0. The summed E-state index contributed by atoms with van der Waals surface area (Å²) < 4.78 is 0. The molecule has 0 amide bonds. The first-order valence-electron chi connectivity index (χ1n) is 6.00. The fourth-order valence-electron chi connectivity index (χ4n) is 2.56. The average molecular weight is 199 g/mol. The molecule has 0 aromatic rings. The van der Waals surface area contributed by atoms with Crippen molar-refractivity contribution in [1.82, 2.24) is 5.32 Å². The maximum Gasteiger partial charge on any atom is 0.0587 e. The van der Waals surface area contributed by atoms with Crippen LogP contribution < -0.4 is 5.32 Å². The van der Waals surface area contributed by atoms with E-state index in [-0.39, 0.29) is 0 Å². The zero-order valence-corrected chi connectivity index (χ0v) is 9.79. The molecule has 0 radical (unpaired) electrons. The van der Waals surface area contributed by atoms with Crippen LogP contribution in [0.2, 0.25) is 0 Å². The van der Waals surface area contributed by atoms with Crippen LogP contribution in [0.15, 0.2) is 0 Å². The summed E-state index contributed by atoms with van der Waals surface area (Å²) in [4.78, 5) is 0. The number of hydrogen-bond donors (Lipinski definition) is 2. The van der Waals surface area contributed by atoms with Crippen LogP contribution in [0, 0.1) is 11.8 Å². The van der Waals surface area contributed by atoms with Gasteiger partial charge in [0.2, 0.25) is 0 Å². The molecule has 0 aliphatic carbocycles. The standard InChI is InChI=1S/C12H25NO/c1-9(2)7-11-6-4-5-10(3)13-12(11)8-14/h9-14H,4-8H2,1-3H3. The molecule has 84 valence electrons. The lowest BCUT2D eigenvalue weighted by molar-refractivity contribution is 0.180. The van der Waals surface area contributed by atoms with Crippen molar-refractivity contribution in [2.45, 2.75) is 58.5 Å². The third-order valence-electron chi connectivity index (χ3n) is 3.25. The van der Waals surface area contributed by atoms with Crippen molar-refractivity contribution in [2.75, 3.05) is 6.61 Å². The summed E-state index contributed by atoms with van der Waals surface area (Å²) in [6.45, 7) is 7.05. The number of rotatable bonds is 3. The summed E-state index contributed by atoms with van der Waals surface area (Å²) in [6, 6.07) is 0.902. The maximum atomic E-state index is 9.35. The Bertz CT molecular complexity index is 158. The monoisotopic (exact) mass is 199 g/mol. The quantitative estimate of drug-likeness (QED) is 0.730. The first-order valence-corrected chi connectivity index (χ1v) is 6.00. The van der Waals surface area contributed by atoms with Gasteiger partial charge in [0.15, 0.2) is 0 Å². The van der Waals surface area contributed by atoms with Crippen molar-refractivity contribution in [2.24, 2.45) is 11.8 Å². The third kappa shape index (κ3) is 3.58. The van der Waals surface area contributed by atoms with E-state index < -0.39 is 0 Å². The largest absolute Gasteiger partial charge is 0.395 e. The SMILES string of the molecule is CC(C)CC1CCCC(C)NC1CO. The van der Waals surface area contributed by atoms with Gasteiger partial charge < -0.3 is 10.4 Å². The molecule has 0 aromatic heterocycles. The van der Waals surface area contributed by atoms with E-state index >= 15 is 0 Å².